The van der Waals surface area contributed by atoms with Crippen molar-refractivity contribution in [1.29, 1.82) is 0 Å². The molecular formula is C15H12Br2N2O3. The molecule has 0 bridgehead atoms. The van der Waals surface area contributed by atoms with Crippen LogP contribution in [-0.2, 0) is 0 Å². The Labute approximate surface area is 144 Å². The Morgan fingerprint density at radius 1 is 1.27 bits per heavy atom. The van der Waals surface area contributed by atoms with Crippen LogP contribution >= 0.6 is 31.9 Å². The molecule has 0 saturated carbocycles. The molecular weight excluding hydrogens is 416 g/mol. The van der Waals surface area contributed by atoms with Crippen LogP contribution in [0.25, 0.3) is 0 Å². The van der Waals surface area contributed by atoms with Crippen molar-refractivity contribution in [3.8, 4) is 11.5 Å². The lowest BCUT2D eigenvalue weighted by molar-refractivity contribution is 0.0952. The van der Waals surface area contributed by atoms with Crippen LogP contribution in [-0.4, -0.2) is 24.3 Å². The van der Waals surface area contributed by atoms with Crippen molar-refractivity contribution < 1.29 is 14.6 Å². The van der Waals surface area contributed by atoms with Crippen LogP contribution in [0.4, 0.5) is 0 Å². The molecule has 0 aliphatic rings. The van der Waals surface area contributed by atoms with Crippen molar-refractivity contribution in [2.24, 2.45) is 5.10 Å². The van der Waals surface area contributed by atoms with Gasteiger partial charge in [-0.25, -0.2) is 5.43 Å². The van der Waals surface area contributed by atoms with E-state index in [-0.39, 0.29) is 11.7 Å². The maximum Gasteiger partial charge on any atom is 0.275 e. The second-order valence-electron chi connectivity index (χ2n) is 4.23. The number of nitrogens with zero attached hydrogens (tertiary/aromatic N) is 1. The summed E-state index contributed by atoms with van der Waals surface area (Å²) in [5.41, 5.74) is 3.54. The summed E-state index contributed by atoms with van der Waals surface area (Å²) in [4.78, 5) is 12.0. The fraction of sp³-hybridized carbons (Fsp3) is 0.0667. The summed E-state index contributed by atoms with van der Waals surface area (Å²) in [7, 11) is 1.50. The molecule has 0 aliphatic heterocycles. The second-order valence-corrected chi connectivity index (χ2v) is 5.94. The van der Waals surface area contributed by atoms with Gasteiger partial charge in [-0.15, -0.1) is 0 Å². The Bertz CT molecular complexity index is 709. The number of amides is 1. The third kappa shape index (κ3) is 3.86. The zero-order valence-electron chi connectivity index (χ0n) is 11.5. The molecule has 114 valence electrons. The lowest BCUT2D eigenvalue weighted by Gasteiger charge is -2.06. The van der Waals surface area contributed by atoms with Crippen molar-refractivity contribution in [3.05, 3.63) is 56.5 Å². The van der Waals surface area contributed by atoms with Gasteiger partial charge in [0.05, 0.1) is 27.8 Å². The van der Waals surface area contributed by atoms with E-state index < -0.39 is 0 Å². The highest BCUT2D eigenvalue weighted by Crippen LogP contribution is 2.32. The first-order valence-corrected chi connectivity index (χ1v) is 7.76. The van der Waals surface area contributed by atoms with Crippen molar-refractivity contribution in [1.82, 2.24) is 5.43 Å². The molecule has 5 nitrogen and oxygen atoms in total. The van der Waals surface area contributed by atoms with Crippen molar-refractivity contribution >= 4 is 44.0 Å². The number of benzene rings is 2. The van der Waals surface area contributed by atoms with Crippen LogP contribution in [0.1, 0.15) is 15.9 Å². The maximum atomic E-state index is 12.0. The molecule has 0 aromatic heterocycles. The normalized spacial score (nSPS) is 10.7. The molecule has 1 amide bonds. The third-order valence-corrected chi connectivity index (χ3v) is 3.98. The first-order chi connectivity index (χ1) is 10.5. The average molecular weight is 428 g/mol. The Morgan fingerprint density at radius 3 is 2.55 bits per heavy atom. The van der Waals surface area contributed by atoms with E-state index in [9.17, 15) is 9.90 Å². The molecule has 7 heteroatoms. The molecule has 22 heavy (non-hydrogen) atoms. The monoisotopic (exact) mass is 426 g/mol. The summed E-state index contributed by atoms with van der Waals surface area (Å²) < 4.78 is 6.18. The minimum Gasteiger partial charge on any atom is -0.506 e. The zero-order chi connectivity index (χ0) is 16.1. The van der Waals surface area contributed by atoms with Crippen molar-refractivity contribution in [2.45, 2.75) is 0 Å². The number of hydrogen-bond acceptors (Lipinski definition) is 4. The molecule has 0 heterocycles. The van der Waals surface area contributed by atoms with Crippen LogP contribution in [0.2, 0.25) is 0 Å². The number of carbonyl (C=O) groups excluding carboxylic acids is 1. The molecule has 0 unspecified atom stereocenters. The van der Waals surface area contributed by atoms with E-state index in [1.54, 1.807) is 36.4 Å². The number of ether oxygens (including phenoxy) is 1. The molecule has 0 saturated heterocycles. The van der Waals surface area contributed by atoms with Crippen LogP contribution in [0.15, 0.2) is 50.4 Å². The van der Waals surface area contributed by atoms with Gasteiger partial charge in [0.15, 0.2) is 0 Å². The molecule has 0 spiro atoms. The van der Waals surface area contributed by atoms with E-state index in [1.165, 1.54) is 13.3 Å². The van der Waals surface area contributed by atoms with Gasteiger partial charge in [-0.3, -0.25) is 4.79 Å². The number of halogens is 2. The number of phenolic OH excluding ortho intramolecular Hbond substituents is 1. The quantitative estimate of drug-likeness (QED) is 0.577. The summed E-state index contributed by atoms with van der Waals surface area (Å²) in [6.07, 6.45) is 1.47. The smallest absolute Gasteiger partial charge is 0.275 e. The fourth-order valence-corrected chi connectivity index (χ4v) is 2.94. The number of methoxy groups -OCH3 is 1. The summed E-state index contributed by atoms with van der Waals surface area (Å²) in [5, 5.41) is 13.5. The molecule has 2 aromatic carbocycles. The van der Waals surface area contributed by atoms with E-state index >= 15 is 0 Å². The van der Waals surface area contributed by atoms with Crippen LogP contribution in [0, 0.1) is 0 Å². The number of phenols is 1. The lowest BCUT2D eigenvalue weighted by Crippen LogP contribution is -2.18. The van der Waals surface area contributed by atoms with Gasteiger partial charge in [0.25, 0.3) is 5.91 Å². The van der Waals surface area contributed by atoms with Crippen LogP contribution in [0.5, 0.6) is 11.5 Å². The number of aromatic hydroxyl groups is 1. The van der Waals surface area contributed by atoms with Crippen LogP contribution < -0.4 is 10.2 Å². The van der Waals surface area contributed by atoms with E-state index in [1.807, 2.05) is 0 Å². The maximum absolute atomic E-state index is 12.0. The summed E-state index contributed by atoms with van der Waals surface area (Å²) in [6, 6.07) is 10.2. The number of hydrogen-bond donors (Lipinski definition) is 2. The van der Waals surface area contributed by atoms with Gasteiger partial charge >= 0.3 is 0 Å². The summed E-state index contributed by atoms with van der Waals surface area (Å²) in [5.74, 6) is 0.214. The first-order valence-electron chi connectivity index (χ1n) is 6.17. The fourth-order valence-electron chi connectivity index (χ4n) is 1.72. The largest absolute Gasteiger partial charge is 0.506 e. The summed E-state index contributed by atoms with van der Waals surface area (Å²) >= 11 is 6.46. The zero-order valence-corrected chi connectivity index (χ0v) is 14.7. The van der Waals surface area contributed by atoms with Gasteiger partial charge in [-0.2, -0.15) is 5.10 Å². The van der Waals surface area contributed by atoms with Crippen LogP contribution in [0.3, 0.4) is 0 Å². The van der Waals surface area contributed by atoms with Gasteiger partial charge in [-0.05, 0) is 61.7 Å². The van der Waals surface area contributed by atoms with Crippen molar-refractivity contribution in [3.63, 3.8) is 0 Å². The number of para-hydroxylation sites is 1. The molecule has 2 rings (SSSR count). The number of hydrazone groups is 1. The Morgan fingerprint density at radius 2 is 1.91 bits per heavy atom. The molecule has 0 radical (unpaired) electrons. The Balaban J connectivity index is 2.11. The molecule has 0 fully saturated rings. The lowest BCUT2D eigenvalue weighted by atomic mass is 10.2. The number of carbonyl (C=O) groups is 1. The SMILES string of the molecule is COc1ccccc1C(=O)N/N=C/c1cc(Br)c(O)c(Br)c1. The minimum absolute atomic E-state index is 0.107. The second kappa shape index (κ2) is 7.42. The highest BCUT2D eigenvalue weighted by atomic mass is 79.9. The van der Waals surface area contributed by atoms with Gasteiger partial charge in [0, 0.05) is 0 Å². The predicted molar refractivity (Wildman–Crippen MR) is 91.6 cm³/mol. The molecule has 0 aliphatic carbocycles. The summed E-state index contributed by atoms with van der Waals surface area (Å²) in [6.45, 7) is 0. The van der Waals surface area contributed by atoms with Gasteiger partial charge in [0.1, 0.15) is 11.5 Å². The Kier molecular flexibility index (Phi) is 5.57. The predicted octanol–water partition coefficient (Wildman–Crippen LogP) is 3.69. The Hall–Kier alpha value is -1.86. The molecule has 0 atom stereocenters. The standard InChI is InChI=1S/C15H12Br2N2O3/c1-22-13-5-3-2-4-10(13)15(21)19-18-8-9-6-11(16)14(20)12(17)7-9/h2-8,20H,1H3,(H,19,21)/b18-8+. The van der Waals surface area contributed by atoms with E-state index in [0.29, 0.717) is 25.8 Å². The van der Waals surface area contributed by atoms with Gasteiger partial charge in [-0.1, -0.05) is 12.1 Å². The minimum atomic E-state index is -0.370. The van der Waals surface area contributed by atoms with Gasteiger partial charge in [0.2, 0.25) is 0 Å². The highest BCUT2D eigenvalue weighted by molar-refractivity contribution is 9.11. The molecule has 2 N–H and O–H groups in total. The van der Waals surface area contributed by atoms with E-state index in [0.717, 1.165) is 0 Å². The highest BCUT2D eigenvalue weighted by Gasteiger charge is 2.10. The topological polar surface area (TPSA) is 70.9 Å². The third-order valence-electron chi connectivity index (χ3n) is 2.77. The van der Waals surface area contributed by atoms with Gasteiger partial charge < -0.3 is 9.84 Å². The number of nitrogens with one attached hydrogen (secondary N) is 1. The average Bonchev–Trinajstić information content (AvgIpc) is 2.52. The van der Waals surface area contributed by atoms with E-state index in [2.05, 4.69) is 42.4 Å². The number of rotatable bonds is 4. The van der Waals surface area contributed by atoms with Crippen molar-refractivity contribution in [2.75, 3.05) is 7.11 Å². The first kappa shape index (κ1) is 16.5. The van der Waals surface area contributed by atoms with E-state index in [4.69, 9.17) is 4.74 Å². The molecule has 2 aromatic rings.